The highest BCUT2D eigenvalue weighted by Crippen LogP contribution is 2.40. The number of benzene rings is 2. The number of fused-ring (bicyclic) bond motifs is 2. The number of aromatic nitrogens is 2. The van der Waals surface area contributed by atoms with Crippen molar-refractivity contribution in [2.45, 2.75) is 38.5 Å². The molecular formula is C24H19F3N4O2. The van der Waals surface area contributed by atoms with Crippen LogP contribution in [0.4, 0.5) is 13.2 Å². The third-order valence-electron chi connectivity index (χ3n) is 6.45. The molecule has 1 amide bonds. The SMILES string of the molecule is CC(=O)N1CCc2c(c(-c3ccc(F)c(C#N)c3)nn2C2c3cc(F)cc(F)c3C[C@H]2O)C1. The molecule has 2 aliphatic rings. The van der Waals surface area contributed by atoms with E-state index in [1.54, 1.807) is 9.58 Å². The highest BCUT2D eigenvalue weighted by molar-refractivity contribution is 5.75. The second-order valence-corrected chi connectivity index (χ2v) is 8.39. The molecule has 1 N–H and O–H groups in total. The second kappa shape index (κ2) is 7.74. The quantitative estimate of drug-likeness (QED) is 0.647. The Kier molecular flexibility index (Phi) is 4.98. The molecule has 0 spiro atoms. The predicted octanol–water partition coefficient (Wildman–Crippen LogP) is 3.25. The maximum atomic E-state index is 14.4. The third kappa shape index (κ3) is 3.38. The number of rotatable bonds is 2. The monoisotopic (exact) mass is 452 g/mol. The van der Waals surface area contributed by atoms with Crippen LogP contribution in [0.3, 0.4) is 0 Å². The van der Waals surface area contributed by atoms with Crippen LogP contribution < -0.4 is 0 Å². The van der Waals surface area contributed by atoms with Crippen LogP contribution in [0.25, 0.3) is 11.3 Å². The normalized spacial score (nSPS) is 19.2. The second-order valence-electron chi connectivity index (χ2n) is 8.39. The minimum absolute atomic E-state index is 0.0186. The number of amides is 1. The van der Waals surface area contributed by atoms with Crippen molar-refractivity contribution in [1.29, 1.82) is 5.26 Å². The molecule has 168 valence electrons. The molecule has 2 atom stereocenters. The van der Waals surface area contributed by atoms with Gasteiger partial charge in [0.15, 0.2) is 0 Å². The van der Waals surface area contributed by atoms with Crippen LogP contribution in [0.2, 0.25) is 0 Å². The van der Waals surface area contributed by atoms with Crippen LogP contribution in [0, 0.1) is 28.8 Å². The Balaban J connectivity index is 1.71. The molecule has 1 unspecified atom stereocenters. The number of hydrogen-bond acceptors (Lipinski definition) is 4. The molecule has 5 rings (SSSR count). The average molecular weight is 452 g/mol. The summed E-state index contributed by atoms with van der Waals surface area (Å²) in [6, 6.07) is 7.06. The topological polar surface area (TPSA) is 82.2 Å². The van der Waals surface area contributed by atoms with E-state index in [0.717, 1.165) is 11.8 Å². The molecule has 9 heteroatoms. The van der Waals surface area contributed by atoms with Gasteiger partial charge in [0, 0.05) is 55.7 Å². The lowest BCUT2D eigenvalue weighted by molar-refractivity contribution is -0.129. The fraction of sp³-hybridized carbons (Fsp3) is 0.292. The molecule has 0 saturated carbocycles. The maximum absolute atomic E-state index is 14.4. The zero-order valence-electron chi connectivity index (χ0n) is 17.6. The molecule has 1 aliphatic heterocycles. The van der Waals surface area contributed by atoms with Gasteiger partial charge in [0.25, 0.3) is 0 Å². The summed E-state index contributed by atoms with van der Waals surface area (Å²) in [5.41, 5.74) is 2.76. The van der Waals surface area contributed by atoms with E-state index in [1.165, 1.54) is 31.2 Å². The lowest BCUT2D eigenvalue weighted by atomic mass is 9.99. The Morgan fingerprint density at radius 1 is 1.18 bits per heavy atom. The molecule has 2 aromatic carbocycles. The van der Waals surface area contributed by atoms with E-state index in [2.05, 4.69) is 0 Å². The Bertz CT molecular complexity index is 1340. The Morgan fingerprint density at radius 2 is 1.97 bits per heavy atom. The average Bonchev–Trinajstić information content (AvgIpc) is 3.31. The lowest BCUT2D eigenvalue weighted by Gasteiger charge is -2.28. The first kappa shape index (κ1) is 21.2. The maximum Gasteiger partial charge on any atom is 0.219 e. The zero-order chi connectivity index (χ0) is 23.4. The fourth-order valence-corrected chi connectivity index (χ4v) is 4.86. The smallest absolute Gasteiger partial charge is 0.219 e. The number of halogens is 3. The van der Waals surface area contributed by atoms with E-state index in [4.69, 9.17) is 5.10 Å². The number of nitriles is 1. The van der Waals surface area contributed by atoms with Gasteiger partial charge in [0.05, 0.1) is 17.4 Å². The number of aliphatic hydroxyl groups is 1. The van der Waals surface area contributed by atoms with E-state index < -0.39 is 29.6 Å². The van der Waals surface area contributed by atoms with E-state index in [-0.39, 0.29) is 30.0 Å². The van der Waals surface area contributed by atoms with Gasteiger partial charge in [-0.25, -0.2) is 13.2 Å². The van der Waals surface area contributed by atoms with Crippen LogP contribution in [-0.2, 0) is 24.2 Å². The largest absolute Gasteiger partial charge is 0.390 e. The van der Waals surface area contributed by atoms with Gasteiger partial charge in [-0.15, -0.1) is 0 Å². The Labute approximate surface area is 187 Å². The third-order valence-corrected chi connectivity index (χ3v) is 6.45. The zero-order valence-corrected chi connectivity index (χ0v) is 17.6. The summed E-state index contributed by atoms with van der Waals surface area (Å²) >= 11 is 0. The van der Waals surface area contributed by atoms with Crippen molar-refractivity contribution < 1.29 is 23.1 Å². The minimum atomic E-state index is -1.03. The highest BCUT2D eigenvalue weighted by atomic mass is 19.1. The minimum Gasteiger partial charge on any atom is -0.390 e. The van der Waals surface area contributed by atoms with E-state index in [1.807, 2.05) is 6.07 Å². The molecule has 3 aromatic rings. The molecule has 1 aromatic heterocycles. The van der Waals surface area contributed by atoms with Gasteiger partial charge in [-0.05, 0) is 35.4 Å². The van der Waals surface area contributed by atoms with Gasteiger partial charge in [-0.2, -0.15) is 10.4 Å². The van der Waals surface area contributed by atoms with Gasteiger partial charge < -0.3 is 10.0 Å². The van der Waals surface area contributed by atoms with Gasteiger partial charge >= 0.3 is 0 Å². The standard InChI is InChI=1S/C24H19F3N4O2/c1-12(32)30-5-4-21-18(11-30)23(13-2-3-19(26)14(6-13)10-28)29-31(21)24-17-7-15(25)8-20(27)16(17)9-22(24)33/h2-3,6-8,22,24,33H,4-5,9,11H2,1H3/t22-,24?/m1/s1. The molecule has 0 saturated heterocycles. The van der Waals surface area contributed by atoms with Crippen LogP contribution in [0.1, 0.15) is 40.9 Å². The molecule has 6 nitrogen and oxygen atoms in total. The summed E-state index contributed by atoms with van der Waals surface area (Å²) < 4.78 is 43.9. The number of hydrogen-bond donors (Lipinski definition) is 1. The predicted molar refractivity (Wildman–Crippen MR) is 111 cm³/mol. The summed E-state index contributed by atoms with van der Waals surface area (Å²) in [5, 5.41) is 24.7. The highest BCUT2D eigenvalue weighted by Gasteiger charge is 2.39. The van der Waals surface area contributed by atoms with Crippen LogP contribution >= 0.6 is 0 Å². The molecule has 1 aliphatic carbocycles. The summed E-state index contributed by atoms with van der Waals surface area (Å²) in [7, 11) is 0. The van der Waals surface area contributed by atoms with Crippen molar-refractivity contribution in [2.75, 3.05) is 6.54 Å². The Morgan fingerprint density at radius 3 is 2.70 bits per heavy atom. The summed E-state index contributed by atoms with van der Waals surface area (Å²) in [5.74, 6) is -2.24. The van der Waals surface area contributed by atoms with Crippen molar-refractivity contribution in [1.82, 2.24) is 14.7 Å². The first-order valence-corrected chi connectivity index (χ1v) is 10.5. The van der Waals surface area contributed by atoms with Crippen LogP contribution in [-0.4, -0.2) is 38.3 Å². The summed E-state index contributed by atoms with van der Waals surface area (Å²) in [6.07, 6.45) is -0.586. The van der Waals surface area contributed by atoms with E-state index in [0.29, 0.717) is 35.3 Å². The summed E-state index contributed by atoms with van der Waals surface area (Å²) in [4.78, 5) is 13.7. The molecular weight excluding hydrogens is 433 g/mol. The van der Waals surface area contributed by atoms with E-state index >= 15 is 0 Å². The molecule has 0 fully saturated rings. The molecule has 0 radical (unpaired) electrons. The molecule has 33 heavy (non-hydrogen) atoms. The first-order valence-electron chi connectivity index (χ1n) is 10.5. The van der Waals surface area contributed by atoms with Crippen LogP contribution in [0.5, 0.6) is 0 Å². The lowest BCUT2D eigenvalue weighted by Crippen LogP contribution is -2.35. The van der Waals surface area contributed by atoms with Gasteiger partial charge in [0.1, 0.15) is 29.6 Å². The number of aliphatic hydroxyl groups excluding tert-OH is 1. The molecule has 0 bridgehead atoms. The van der Waals surface area contributed by atoms with Crippen molar-refractivity contribution in [3.8, 4) is 17.3 Å². The number of nitrogens with zero attached hydrogens (tertiary/aromatic N) is 4. The number of carbonyl (C=O) groups is 1. The van der Waals surface area contributed by atoms with E-state index in [9.17, 15) is 28.3 Å². The van der Waals surface area contributed by atoms with Gasteiger partial charge in [0.2, 0.25) is 5.91 Å². The molecule has 2 heterocycles. The first-order chi connectivity index (χ1) is 15.8. The van der Waals surface area contributed by atoms with Crippen LogP contribution in [0.15, 0.2) is 30.3 Å². The number of carbonyl (C=O) groups excluding carboxylic acids is 1. The van der Waals surface area contributed by atoms with Crippen molar-refractivity contribution in [2.24, 2.45) is 0 Å². The van der Waals surface area contributed by atoms with Crippen molar-refractivity contribution >= 4 is 5.91 Å². The van der Waals surface area contributed by atoms with Crippen molar-refractivity contribution in [3.63, 3.8) is 0 Å². The van der Waals surface area contributed by atoms with Crippen molar-refractivity contribution in [3.05, 3.63) is 75.7 Å². The Hall–Kier alpha value is -3.64. The van der Waals surface area contributed by atoms with Gasteiger partial charge in [-0.1, -0.05) is 0 Å². The fourth-order valence-electron chi connectivity index (χ4n) is 4.86. The van der Waals surface area contributed by atoms with Gasteiger partial charge in [-0.3, -0.25) is 9.48 Å². The summed E-state index contributed by atoms with van der Waals surface area (Å²) in [6.45, 7) is 2.13.